The molecule has 17 heavy (non-hydrogen) atoms. The number of hydrazine groups is 1. The SMILES string of the molecule is NNc1cc(N2CCn3cnnc3C2)ccn1. The van der Waals surface area contributed by atoms with E-state index in [1.165, 1.54) is 0 Å². The first-order valence-electron chi connectivity index (χ1n) is 5.41. The van der Waals surface area contributed by atoms with Crippen LogP contribution in [0.1, 0.15) is 5.82 Å². The van der Waals surface area contributed by atoms with Gasteiger partial charge in [-0.1, -0.05) is 0 Å². The lowest BCUT2D eigenvalue weighted by Crippen LogP contribution is -2.33. The van der Waals surface area contributed by atoms with Crippen molar-refractivity contribution in [1.82, 2.24) is 19.7 Å². The van der Waals surface area contributed by atoms with Crippen molar-refractivity contribution in [3.63, 3.8) is 0 Å². The molecule has 88 valence electrons. The van der Waals surface area contributed by atoms with Crippen molar-refractivity contribution in [3.05, 3.63) is 30.5 Å². The van der Waals surface area contributed by atoms with Gasteiger partial charge in [-0.05, 0) is 6.07 Å². The highest BCUT2D eigenvalue weighted by molar-refractivity contribution is 5.53. The Kier molecular flexibility index (Phi) is 2.37. The van der Waals surface area contributed by atoms with E-state index in [1.807, 2.05) is 12.1 Å². The summed E-state index contributed by atoms with van der Waals surface area (Å²) in [5, 5.41) is 8.00. The van der Waals surface area contributed by atoms with E-state index in [2.05, 4.69) is 30.1 Å². The zero-order chi connectivity index (χ0) is 11.7. The Morgan fingerprint density at radius 1 is 1.35 bits per heavy atom. The third kappa shape index (κ3) is 1.80. The minimum absolute atomic E-state index is 0.662. The van der Waals surface area contributed by atoms with Gasteiger partial charge in [0.15, 0.2) is 5.82 Å². The van der Waals surface area contributed by atoms with Crippen molar-refractivity contribution in [2.45, 2.75) is 13.1 Å². The second-order valence-electron chi connectivity index (χ2n) is 3.91. The van der Waals surface area contributed by atoms with Gasteiger partial charge in [0, 0.05) is 31.0 Å². The fourth-order valence-electron chi connectivity index (χ4n) is 1.98. The zero-order valence-electron chi connectivity index (χ0n) is 9.24. The quantitative estimate of drug-likeness (QED) is 0.558. The topological polar surface area (TPSA) is 84.9 Å². The summed E-state index contributed by atoms with van der Waals surface area (Å²) in [6, 6.07) is 3.89. The lowest BCUT2D eigenvalue weighted by molar-refractivity contribution is 0.560. The Hall–Kier alpha value is -2.15. The van der Waals surface area contributed by atoms with Crippen LogP contribution in [0.4, 0.5) is 11.5 Å². The number of hydrogen-bond acceptors (Lipinski definition) is 6. The number of nitrogens with one attached hydrogen (secondary N) is 1. The van der Waals surface area contributed by atoms with Crippen LogP contribution < -0.4 is 16.2 Å². The predicted octanol–water partition coefficient (Wildman–Crippen LogP) is -0.0211. The van der Waals surface area contributed by atoms with Gasteiger partial charge in [0.05, 0.1) is 6.54 Å². The van der Waals surface area contributed by atoms with Gasteiger partial charge < -0.3 is 14.9 Å². The molecule has 3 N–H and O–H groups in total. The van der Waals surface area contributed by atoms with E-state index in [0.29, 0.717) is 5.82 Å². The van der Waals surface area contributed by atoms with Crippen LogP contribution in [0.3, 0.4) is 0 Å². The number of nitrogens with two attached hydrogens (primary N) is 1. The molecule has 3 rings (SSSR count). The largest absolute Gasteiger partial charge is 0.362 e. The van der Waals surface area contributed by atoms with Gasteiger partial charge in [-0.15, -0.1) is 10.2 Å². The third-order valence-corrected chi connectivity index (χ3v) is 2.90. The highest BCUT2D eigenvalue weighted by atomic mass is 15.3. The van der Waals surface area contributed by atoms with Crippen molar-refractivity contribution in [1.29, 1.82) is 0 Å². The molecule has 1 aliphatic heterocycles. The fourth-order valence-corrected chi connectivity index (χ4v) is 1.98. The van der Waals surface area contributed by atoms with E-state index in [4.69, 9.17) is 5.84 Å². The Balaban J connectivity index is 1.86. The molecule has 0 fully saturated rings. The van der Waals surface area contributed by atoms with Gasteiger partial charge in [0.25, 0.3) is 0 Å². The molecule has 3 heterocycles. The monoisotopic (exact) mass is 231 g/mol. The molecule has 0 aromatic carbocycles. The van der Waals surface area contributed by atoms with Crippen LogP contribution in [0.15, 0.2) is 24.7 Å². The maximum absolute atomic E-state index is 5.35. The number of rotatable bonds is 2. The first-order chi connectivity index (χ1) is 8.36. The summed E-state index contributed by atoms with van der Waals surface area (Å²) >= 11 is 0. The molecule has 1 aliphatic rings. The van der Waals surface area contributed by atoms with Gasteiger partial charge in [0.1, 0.15) is 12.1 Å². The van der Waals surface area contributed by atoms with Crippen LogP contribution in [-0.4, -0.2) is 26.3 Å². The van der Waals surface area contributed by atoms with Crippen molar-refractivity contribution >= 4 is 11.5 Å². The van der Waals surface area contributed by atoms with Crippen LogP contribution in [0, 0.1) is 0 Å². The Bertz CT molecular complexity index is 521. The molecule has 0 spiro atoms. The van der Waals surface area contributed by atoms with Crippen LogP contribution in [0.5, 0.6) is 0 Å². The molecule has 2 aromatic heterocycles. The highest BCUT2D eigenvalue weighted by Gasteiger charge is 2.17. The smallest absolute Gasteiger partial charge is 0.152 e. The van der Waals surface area contributed by atoms with Gasteiger partial charge in [0.2, 0.25) is 0 Å². The van der Waals surface area contributed by atoms with Crippen molar-refractivity contribution in [2.24, 2.45) is 5.84 Å². The number of nitrogens with zero attached hydrogens (tertiary/aromatic N) is 5. The summed E-state index contributed by atoms with van der Waals surface area (Å²) in [5.74, 6) is 6.99. The Morgan fingerprint density at radius 3 is 3.18 bits per heavy atom. The Labute approximate surface area is 98.2 Å². The number of aromatic nitrogens is 4. The molecule has 0 aliphatic carbocycles. The van der Waals surface area contributed by atoms with Crippen LogP contribution in [-0.2, 0) is 13.1 Å². The molecule has 0 bridgehead atoms. The average molecular weight is 231 g/mol. The summed E-state index contributed by atoms with van der Waals surface area (Å²) in [4.78, 5) is 6.32. The second-order valence-corrected chi connectivity index (χ2v) is 3.91. The predicted molar refractivity (Wildman–Crippen MR) is 63.1 cm³/mol. The van der Waals surface area contributed by atoms with E-state index >= 15 is 0 Å². The maximum atomic E-state index is 5.35. The summed E-state index contributed by atoms with van der Waals surface area (Å²) in [7, 11) is 0. The Morgan fingerprint density at radius 2 is 2.29 bits per heavy atom. The van der Waals surface area contributed by atoms with Gasteiger partial charge >= 0.3 is 0 Å². The molecule has 0 saturated heterocycles. The van der Waals surface area contributed by atoms with Gasteiger partial charge in [-0.25, -0.2) is 10.8 Å². The summed E-state index contributed by atoms with van der Waals surface area (Å²) < 4.78 is 2.07. The van der Waals surface area contributed by atoms with E-state index in [0.717, 1.165) is 31.1 Å². The lowest BCUT2D eigenvalue weighted by atomic mass is 10.3. The number of hydrogen-bond donors (Lipinski definition) is 2. The van der Waals surface area contributed by atoms with E-state index in [1.54, 1.807) is 12.5 Å². The molecule has 7 heteroatoms. The molecule has 0 amide bonds. The van der Waals surface area contributed by atoms with Gasteiger partial charge in [-0.2, -0.15) is 0 Å². The van der Waals surface area contributed by atoms with Crippen molar-refractivity contribution in [2.75, 3.05) is 16.9 Å². The molecule has 0 atom stereocenters. The second kappa shape index (κ2) is 4.02. The molecule has 7 nitrogen and oxygen atoms in total. The van der Waals surface area contributed by atoms with Crippen LogP contribution in [0.25, 0.3) is 0 Å². The summed E-state index contributed by atoms with van der Waals surface area (Å²) in [5.41, 5.74) is 3.64. The van der Waals surface area contributed by atoms with E-state index in [-0.39, 0.29) is 0 Å². The summed E-state index contributed by atoms with van der Waals surface area (Å²) in [6.07, 6.45) is 3.51. The zero-order valence-corrected chi connectivity index (χ0v) is 9.24. The van der Waals surface area contributed by atoms with Gasteiger partial charge in [-0.3, -0.25) is 0 Å². The average Bonchev–Trinajstić information content (AvgIpc) is 2.86. The van der Waals surface area contributed by atoms with Crippen LogP contribution in [0.2, 0.25) is 0 Å². The molecule has 0 saturated carbocycles. The minimum atomic E-state index is 0.662. The molecular formula is C10H13N7. The molecule has 0 unspecified atom stereocenters. The normalized spacial score (nSPS) is 14.5. The first-order valence-corrected chi connectivity index (χ1v) is 5.41. The van der Waals surface area contributed by atoms with Crippen molar-refractivity contribution in [3.8, 4) is 0 Å². The van der Waals surface area contributed by atoms with E-state index < -0.39 is 0 Å². The molecular weight excluding hydrogens is 218 g/mol. The summed E-state index contributed by atoms with van der Waals surface area (Å²) in [6.45, 7) is 2.59. The third-order valence-electron chi connectivity index (χ3n) is 2.90. The molecule has 2 aromatic rings. The maximum Gasteiger partial charge on any atom is 0.152 e. The van der Waals surface area contributed by atoms with Crippen molar-refractivity contribution < 1.29 is 0 Å². The number of pyridine rings is 1. The van der Waals surface area contributed by atoms with E-state index in [9.17, 15) is 0 Å². The fraction of sp³-hybridized carbons (Fsp3) is 0.300. The standard InChI is InChI=1S/C10H13N7/c11-14-9-5-8(1-2-12-9)16-3-4-17-7-13-15-10(17)6-16/h1-2,5,7H,3-4,6,11H2,(H,12,14). The lowest BCUT2D eigenvalue weighted by Gasteiger charge is -2.29. The highest BCUT2D eigenvalue weighted by Crippen LogP contribution is 2.21. The number of anilines is 2. The molecule has 0 radical (unpaired) electrons. The number of nitrogen functional groups attached to an aromatic ring is 1. The number of fused-ring (bicyclic) bond motifs is 1. The van der Waals surface area contributed by atoms with Crippen LogP contribution >= 0.6 is 0 Å². The minimum Gasteiger partial charge on any atom is -0.362 e. The first kappa shape index (κ1) is 10.0.